The number of piperazine rings is 1. The van der Waals surface area contributed by atoms with Crippen molar-refractivity contribution in [1.29, 1.82) is 0 Å². The second-order valence-corrected chi connectivity index (χ2v) is 5.92. The van der Waals surface area contributed by atoms with Crippen LogP contribution in [0.4, 0.5) is 16.0 Å². The quantitative estimate of drug-likeness (QED) is 0.849. The maximum atomic E-state index is 13.2. The van der Waals surface area contributed by atoms with Crippen LogP contribution in [0.25, 0.3) is 0 Å². The van der Waals surface area contributed by atoms with Crippen molar-refractivity contribution >= 4 is 17.5 Å². The number of hydrogen-bond donors (Lipinski definition) is 2. The number of quaternary nitrogens is 1. The fraction of sp³-hybridized carbons (Fsp3) is 0.353. The van der Waals surface area contributed by atoms with Crippen LogP contribution in [0.15, 0.2) is 42.7 Å². The molecule has 0 saturated carbocycles. The van der Waals surface area contributed by atoms with E-state index >= 15 is 0 Å². The van der Waals surface area contributed by atoms with Gasteiger partial charge in [-0.2, -0.15) is 0 Å². The summed E-state index contributed by atoms with van der Waals surface area (Å²) in [6, 6.07) is 7.55. The van der Waals surface area contributed by atoms with Gasteiger partial charge in [-0.05, 0) is 31.2 Å². The average molecular weight is 330 g/mol. The Balaban J connectivity index is 1.55. The van der Waals surface area contributed by atoms with E-state index in [1.165, 1.54) is 17.0 Å². The van der Waals surface area contributed by atoms with Gasteiger partial charge in [0, 0.05) is 18.1 Å². The molecule has 2 aromatic rings. The van der Waals surface area contributed by atoms with Crippen molar-refractivity contribution in [2.75, 3.05) is 36.4 Å². The summed E-state index contributed by atoms with van der Waals surface area (Å²) >= 11 is 0. The molecule has 0 radical (unpaired) electrons. The molecule has 1 aliphatic rings. The van der Waals surface area contributed by atoms with Gasteiger partial charge in [0.05, 0.1) is 26.2 Å². The highest BCUT2D eigenvalue weighted by Gasteiger charge is 2.29. The predicted octanol–water partition coefficient (Wildman–Crippen LogP) is 0.348. The minimum atomic E-state index is -0.357. The SMILES string of the molecule is C[C@@H](C(=O)Nc1cccc(F)c1)[NH+]1CCN(c2ncccn2)CC1. The Morgan fingerprint density at radius 3 is 2.62 bits per heavy atom. The molecule has 0 spiro atoms. The maximum absolute atomic E-state index is 13.2. The zero-order valence-electron chi connectivity index (χ0n) is 13.6. The van der Waals surface area contributed by atoms with Crippen molar-refractivity contribution in [1.82, 2.24) is 9.97 Å². The van der Waals surface area contributed by atoms with Gasteiger partial charge in [-0.15, -0.1) is 0 Å². The topological polar surface area (TPSA) is 62.6 Å². The number of nitrogens with zero attached hydrogens (tertiary/aromatic N) is 3. The summed E-state index contributed by atoms with van der Waals surface area (Å²) in [6.07, 6.45) is 3.47. The maximum Gasteiger partial charge on any atom is 0.282 e. The summed E-state index contributed by atoms with van der Waals surface area (Å²) in [5, 5.41) is 2.78. The van der Waals surface area contributed by atoms with Gasteiger partial charge in [-0.1, -0.05) is 6.07 Å². The van der Waals surface area contributed by atoms with Crippen LogP contribution in [0.3, 0.4) is 0 Å². The molecule has 126 valence electrons. The highest BCUT2D eigenvalue weighted by Crippen LogP contribution is 2.09. The number of carbonyl (C=O) groups is 1. The van der Waals surface area contributed by atoms with Crippen LogP contribution in [0.1, 0.15) is 6.92 Å². The van der Waals surface area contributed by atoms with Gasteiger partial charge in [0.2, 0.25) is 5.95 Å². The van der Waals surface area contributed by atoms with Gasteiger partial charge in [-0.3, -0.25) is 4.79 Å². The minimum Gasteiger partial charge on any atom is -0.330 e. The fourth-order valence-electron chi connectivity index (χ4n) is 2.88. The lowest BCUT2D eigenvalue weighted by Gasteiger charge is -2.34. The third-order valence-corrected chi connectivity index (χ3v) is 4.34. The van der Waals surface area contributed by atoms with Crippen molar-refractivity contribution in [3.63, 3.8) is 0 Å². The molecule has 2 heterocycles. The lowest BCUT2D eigenvalue weighted by atomic mass is 10.2. The standard InChI is InChI=1S/C17H20FN5O/c1-13(16(24)21-15-5-2-4-14(18)12-15)22-8-10-23(11-9-22)17-19-6-3-7-20-17/h2-7,12-13H,8-11H2,1H3,(H,21,24)/p+1/t13-/m0/s1. The molecule has 0 aliphatic carbocycles. The first-order valence-electron chi connectivity index (χ1n) is 8.06. The number of amides is 1. The van der Waals surface area contributed by atoms with E-state index in [1.807, 2.05) is 6.92 Å². The zero-order chi connectivity index (χ0) is 16.9. The highest BCUT2D eigenvalue weighted by atomic mass is 19.1. The molecule has 2 N–H and O–H groups in total. The Morgan fingerprint density at radius 1 is 1.25 bits per heavy atom. The molecule has 1 amide bonds. The summed E-state index contributed by atoms with van der Waals surface area (Å²) < 4.78 is 13.2. The van der Waals surface area contributed by atoms with E-state index < -0.39 is 0 Å². The number of carbonyl (C=O) groups excluding carboxylic acids is 1. The van der Waals surface area contributed by atoms with Gasteiger partial charge in [0.15, 0.2) is 6.04 Å². The molecule has 3 rings (SSSR count). The van der Waals surface area contributed by atoms with Crippen LogP contribution >= 0.6 is 0 Å². The number of halogens is 1. The van der Waals surface area contributed by atoms with E-state index in [0.717, 1.165) is 32.1 Å². The van der Waals surface area contributed by atoms with Crippen molar-refractivity contribution in [3.8, 4) is 0 Å². The third kappa shape index (κ3) is 3.86. The normalized spacial score (nSPS) is 16.7. The van der Waals surface area contributed by atoms with Gasteiger partial charge >= 0.3 is 0 Å². The third-order valence-electron chi connectivity index (χ3n) is 4.34. The molecule has 1 fully saturated rings. The number of nitrogens with one attached hydrogen (secondary N) is 2. The monoisotopic (exact) mass is 330 g/mol. The van der Waals surface area contributed by atoms with E-state index in [0.29, 0.717) is 5.69 Å². The predicted molar refractivity (Wildman–Crippen MR) is 89.4 cm³/mol. The molecule has 6 nitrogen and oxygen atoms in total. The number of rotatable bonds is 4. The van der Waals surface area contributed by atoms with E-state index in [4.69, 9.17) is 0 Å². The van der Waals surface area contributed by atoms with E-state index in [9.17, 15) is 9.18 Å². The van der Waals surface area contributed by atoms with Crippen molar-refractivity contribution < 1.29 is 14.1 Å². The Hall–Kier alpha value is -2.54. The van der Waals surface area contributed by atoms with Crippen molar-refractivity contribution in [2.24, 2.45) is 0 Å². The number of anilines is 2. The molecular weight excluding hydrogens is 309 g/mol. The van der Waals surface area contributed by atoms with Gasteiger partial charge in [-0.25, -0.2) is 14.4 Å². The van der Waals surface area contributed by atoms with Crippen LogP contribution in [0.5, 0.6) is 0 Å². The first-order valence-corrected chi connectivity index (χ1v) is 8.06. The van der Waals surface area contributed by atoms with Crippen LogP contribution in [-0.2, 0) is 4.79 Å². The Labute approximate surface area is 140 Å². The molecule has 1 aromatic heterocycles. The van der Waals surface area contributed by atoms with Crippen LogP contribution in [0.2, 0.25) is 0 Å². The fourth-order valence-corrected chi connectivity index (χ4v) is 2.88. The molecule has 24 heavy (non-hydrogen) atoms. The average Bonchev–Trinajstić information content (AvgIpc) is 2.62. The first kappa shape index (κ1) is 16.3. The summed E-state index contributed by atoms with van der Waals surface area (Å²) in [5.41, 5.74) is 0.488. The van der Waals surface area contributed by atoms with Crippen LogP contribution in [0, 0.1) is 5.82 Å². The van der Waals surface area contributed by atoms with Gasteiger partial charge in [0.25, 0.3) is 5.91 Å². The summed E-state index contributed by atoms with van der Waals surface area (Å²) in [4.78, 5) is 24.2. The van der Waals surface area contributed by atoms with E-state index in [-0.39, 0.29) is 17.8 Å². The molecule has 0 unspecified atom stereocenters. The molecule has 1 aromatic carbocycles. The zero-order valence-corrected chi connectivity index (χ0v) is 13.6. The summed E-state index contributed by atoms with van der Waals surface area (Å²) in [6.45, 7) is 5.17. The number of hydrogen-bond acceptors (Lipinski definition) is 4. The minimum absolute atomic E-state index is 0.0972. The Bertz CT molecular complexity index is 688. The van der Waals surface area contributed by atoms with E-state index in [2.05, 4.69) is 20.2 Å². The number of aromatic nitrogens is 2. The molecule has 1 saturated heterocycles. The highest BCUT2D eigenvalue weighted by molar-refractivity contribution is 5.93. The van der Waals surface area contributed by atoms with Crippen LogP contribution in [-0.4, -0.2) is 48.1 Å². The van der Waals surface area contributed by atoms with Gasteiger partial charge < -0.3 is 15.1 Å². The second kappa shape index (κ2) is 7.35. The second-order valence-electron chi connectivity index (χ2n) is 5.92. The van der Waals surface area contributed by atoms with Crippen molar-refractivity contribution in [3.05, 3.63) is 48.5 Å². The Kier molecular flexibility index (Phi) is 5.00. The summed E-state index contributed by atoms with van der Waals surface area (Å²) in [7, 11) is 0. The first-order chi connectivity index (χ1) is 11.6. The molecule has 1 atom stereocenters. The number of benzene rings is 1. The van der Waals surface area contributed by atoms with Crippen LogP contribution < -0.4 is 15.1 Å². The largest absolute Gasteiger partial charge is 0.330 e. The van der Waals surface area contributed by atoms with E-state index in [1.54, 1.807) is 30.6 Å². The molecule has 0 bridgehead atoms. The molecular formula is C17H21FN5O+. The van der Waals surface area contributed by atoms with Gasteiger partial charge in [0.1, 0.15) is 5.82 Å². The smallest absolute Gasteiger partial charge is 0.282 e. The van der Waals surface area contributed by atoms with Crippen molar-refractivity contribution in [2.45, 2.75) is 13.0 Å². The lowest BCUT2D eigenvalue weighted by Crippen LogP contribution is -3.19. The summed E-state index contributed by atoms with van der Waals surface area (Å²) in [5.74, 6) is 0.276. The molecule has 7 heteroatoms. The lowest BCUT2D eigenvalue weighted by molar-refractivity contribution is -0.914. The molecule has 1 aliphatic heterocycles. The Morgan fingerprint density at radius 2 is 1.96 bits per heavy atom.